The van der Waals surface area contributed by atoms with Crippen LogP contribution in [0.3, 0.4) is 0 Å². The zero-order valence-electron chi connectivity index (χ0n) is 11.6. The molecular formula is C17H15BrFNS. The lowest BCUT2D eigenvalue weighted by atomic mass is 9.95. The number of nitrogens with one attached hydrogen (secondary N) is 1. The number of hydrogen-bond donors (Lipinski definition) is 1. The summed E-state index contributed by atoms with van der Waals surface area (Å²) in [6, 6.07) is 11.1. The summed E-state index contributed by atoms with van der Waals surface area (Å²) in [4.78, 5) is 0. The predicted molar refractivity (Wildman–Crippen MR) is 91.4 cm³/mol. The average molecular weight is 364 g/mol. The maximum atomic E-state index is 14.0. The summed E-state index contributed by atoms with van der Waals surface area (Å²) in [7, 11) is 0. The van der Waals surface area contributed by atoms with Crippen LogP contribution in [0.2, 0.25) is 0 Å². The fraction of sp³-hybridized carbons (Fsp3) is 0.176. The molecule has 0 bridgehead atoms. The molecule has 0 radical (unpaired) electrons. The average Bonchev–Trinajstić information content (AvgIpc) is 2.92. The summed E-state index contributed by atoms with van der Waals surface area (Å²) in [5, 5.41) is 9.35. The zero-order valence-corrected chi connectivity index (χ0v) is 14.0. The molecule has 0 spiro atoms. The molecule has 1 atom stereocenters. The van der Waals surface area contributed by atoms with Gasteiger partial charge in [0, 0.05) is 15.2 Å². The van der Waals surface area contributed by atoms with Gasteiger partial charge in [-0.15, -0.1) is 0 Å². The summed E-state index contributed by atoms with van der Waals surface area (Å²) in [5.41, 5.74) is 2.30. The Hall–Kier alpha value is -1.23. The van der Waals surface area contributed by atoms with Gasteiger partial charge in [0.05, 0.1) is 6.04 Å². The largest absolute Gasteiger partial charge is 0.306 e. The third-order valence-electron chi connectivity index (χ3n) is 3.58. The van der Waals surface area contributed by atoms with E-state index < -0.39 is 0 Å². The van der Waals surface area contributed by atoms with Crippen LogP contribution in [0.25, 0.3) is 10.8 Å². The molecule has 3 rings (SSSR count). The smallest absolute Gasteiger partial charge is 0.131 e. The Morgan fingerprint density at radius 2 is 1.86 bits per heavy atom. The Morgan fingerprint density at radius 3 is 2.52 bits per heavy atom. The van der Waals surface area contributed by atoms with Gasteiger partial charge in [-0.3, -0.25) is 0 Å². The van der Waals surface area contributed by atoms with Crippen LogP contribution < -0.4 is 5.32 Å². The molecule has 1 heterocycles. The van der Waals surface area contributed by atoms with Crippen LogP contribution in [-0.2, 0) is 0 Å². The van der Waals surface area contributed by atoms with Crippen molar-refractivity contribution >= 4 is 38.0 Å². The number of thiophene rings is 1. The fourth-order valence-corrected chi connectivity index (χ4v) is 4.18. The molecule has 2 aromatic carbocycles. The van der Waals surface area contributed by atoms with E-state index in [-0.39, 0.29) is 11.9 Å². The highest BCUT2D eigenvalue weighted by molar-refractivity contribution is 9.10. The SMILES string of the molecule is CCNC(c1cscc1Br)c1ccc(F)c2ccccc12. The first-order valence-electron chi connectivity index (χ1n) is 6.84. The van der Waals surface area contributed by atoms with Crippen molar-refractivity contribution in [2.45, 2.75) is 13.0 Å². The van der Waals surface area contributed by atoms with Crippen molar-refractivity contribution in [2.75, 3.05) is 6.54 Å². The highest BCUT2D eigenvalue weighted by Crippen LogP contribution is 2.35. The highest BCUT2D eigenvalue weighted by Gasteiger charge is 2.19. The van der Waals surface area contributed by atoms with E-state index in [2.05, 4.69) is 38.9 Å². The minimum Gasteiger partial charge on any atom is -0.306 e. The molecule has 1 aromatic heterocycles. The van der Waals surface area contributed by atoms with Crippen molar-refractivity contribution in [1.82, 2.24) is 5.32 Å². The maximum absolute atomic E-state index is 14.0. The van der Waals surface area contributed by atoms with Crippen LogP contribution >= 0.6 is 27.3 Å². The van der Waals surface area contributed by atoms with E-state index in [4.69, 9.17) is 0 Å². The Morgan fingerprint density at radius 1 is 1.10 bits per heavy atom. The molecule has 0 saturated carbocycles. The summed E-state index contributed by atoms with van der Waals surface area (Å²) in [6.45, 7) is 2.93. The standard InChI is InChI=1S/C17H15BrFNS/c1-2-20-17(14-9-21-10-15(14)18)13-7-8-16(19)12-6-4-3-5-11(12)13/h3-10,17,20H,2H2,1H3. The molecule has 21 heavy (non-hydrogen) atoms. The van der Waals surface area contributed by atoms with Crippen LogP contribution in [0.4, 0.5) is 4.39 Å². The first-order valence-corrected chi connectivity index (χ1v) is 8.58. The Bertz CT molecular complexity index is 768. The molecule has 1 nitrogen and oxygen atoms in total. The summed E-state index contributed by atoms with van der Waals surface area (Å²) in [6.07, 6.45) is 0. The quantitative estimate of drug-likeness (QED) is 0.644. The van der Waals surface area contributed by atoms with Crippen LogP contribution in [-0.4, -0.2) is 6.54 Å². The van der Waals surface area contributed by atoms with E-state index in [1.807, 2.05) is 30.3 Å². The number of fused-ring (bicyclic) bond motifs is 1. The van der Waals surface area contributed by atoms with Crippen molar-refractivity contribution in [2.24, 2.45) is 0 Å². The van der Waals surface area contributed by atoms with Crippen molar-refractivity contribution in [3.05, 3.63) is 68.6 Å². The van der Waals surface area contributed by atoms with Gasteiger partial charge in [-0.25, -0.2) is 4.39 Å². The molecule has 1 N–H and O–H groups in total. The second-order valence-electron chi connectivity index (χ2n) is 4.85. The fourth-order valence-electron chi connectivity index (χ4n) is 2.63. The van der Waals surface area contributed by atoms with Crippen molar-refractivity contribution in [3.63, 3.8) is 0 Å². The molecule has 0 saturated heterocycles. The van der Waals surface area contributed by atoms with Crippen LogP contribution in [0.1, 0.15) is 24.1 Å². The molecule has 0 amide bonds. The van der Waals surface area contributed by atoms with Gasteiger partial charge in [-0.1, -0.05) is 37.3 Å². The third-order valence-corrected chi connectivity index (χ3v) is 5.33. The lowest BCUT2D eigenvalue weighted by Crippen LogP contribution is -2.22. The van der Waals surface area contributed by atoms with Gasteiger partial charge in [0.15, 0.2) is 0 Å². The molecule has 4 heteroatoms. The molecular weight excluding hydrogens is 349 g/mol. The van der Waals surface area contributed by atoms with Gasteiger partial charge < -0.3 is 5.32 Å². The minimum atomic E-state index is -0.172. The molecule has 0 aliphatic rings. The minimum absolute atomic E-state index is 0.0566. The first-order chi connectivity index (χ1) is 10.2. The maximum Gasteiger partial charge on any atom is 0.131 e. The van der Waals surface area contributed by atoms with Gasteiger partial charge in [0.25, 0.3) is 0 Å². The van der Waals surface area contributed by atoms with Gasteiger partial charge in [0.1, 0.15) is 5.82 Å². The molecule has 108 valence electrons. The van der Waals surface area contributed by atoms with Gasteiger partial charge in [0.2, 0.25) is 0 Å². The van der Waals surface area contributed by atoms with Gasteiger partial charge in [-0.05, 0) is 50.4 Å². The van der Waals surface area contributed by atoms with Crippen molar-refractivity contribution in [3.8, 4) is 0 Å². The second kappa shape index (κ2) is 6.26. The van der Waals surface area contributed by atoms with E-state index >= 15 is 0 Å². The second-order valence-corrected chi connectivity index (χ2v) is 6.45. The normalized spacial score (nSPS) is 12.7. The summed E-state index contributed by atoms with van der Waals surface area (Å²) >= 11 is 5.27. The molecule has 0 aliphatic heterocycles. The van der Waals surface area contributed by atoms with Crippen molar-refractivity contribution in [1.29, 1.82) is 0 Å². The number of halogens is 2. The Kier molecular flexibility index (Phi) is 4.38. The number of benzene rings is 2. The van der Waals surface area contributed by atoms with Crippen LogP contribution in [0.15, 0.2) is 51.6 Å². The lowest BCUT2D eigenvalue weighted by Gasteiger charge is -2.20. The van der Waals surface area contributed by atoms with Crippen molar-refractivity contribution < 1.29 is 4.39 Å². The van der Waals surface area contributed by atoms with E-state index in [9.17, 15) is 4.39 Å². The van der Waals surface area contributed by atoms with E-state index in [0.29, 0.717) is 5.39 Å². The lowest BCUT2D eigenvalue weighted by molar-refractivity contribution is 0.624. The summed E-state index contributed by atoms with van der Waals surface area (Å²) < 4.78 is 15.1. The highest BCUT2D eigenvalue weighted by atomic mass is 79.9. The summed E-state index contributed by atoms with van der Waals surface area (Å²) in [5.74, 6) is -0.172. The van der Waals surface area contributed by atoms with Gasteiger partial charge >= 0.3 is 0 Å². The van der Waals surface area contributed by atoms with E-state index in [1.165, 1.54) is 5.56 Å². The number of rotatable bonds is 4. The molecule has 1 unspecified atom stereocenters. The molecule has 0 aliphatic carbocycles. The predicted octanol–water partition coefficient (Wildman–Crippen LogP) is 5.50. The molecule has 3 aromatic rings. The van der Waals surface area contributed by atoms with E-state index in [0.717, 1.165) is 22.0 Å². The van der Waals surface area contributed by atoms with Gasteiger partial charge in [-0.2, -0.15) is 11.3 Å². The first kappa shape index (κ1) is 14.7. The number of hydrogen-bond acceptors (Lipinski definition) is 2. The van der Waals surface area contributed by atoms with E-state index in [1.54, 1.807) is 17.4 Å². The van der Waals surface area contributed by atoms with Crippen LogP contribution in [0, 0.1) is 5.82 Å². The zero-order chi connectivity index (χ0) is 14.8. The van der Waals surface area contributed by atoms with Crippen LogP contribution in [0.5, 0.6) is 0 Å². The Labute approximate surface area is 135 Å². The topological polar surface area (TPSA) is 12.0 Å². The monoisotopic (exact) mass is 363 g/mol. The Balaban J connectivity index is 2.21. The third kappa shape index (κ3) is 2.76. The molecule has 0 fully saturated rings.